The van der Waals surface area contributed by atoms with Gasteiger partial charge in [0.15, 0.2) is 0 Å². The van der Waals surface area contributed by atoms with Crippen LogP contribution in [0, 0.1) is 0 Å². The second-order valence-electron chi connectivity index (χ2n) is 4.61. The van der Waals surface area contributed by atoms with Gasteiger partial charge < -0.3 is 0 Å². The van der Waals surface area contributed by atoms with Crippen LogP contribution in [0.2, 0.25) is 0 Å². The van der Waals surface area contributed by atoms with E-state index < -0.39 is 10.0 Å². The number of aromatic nitrogens is 2. The molecular weight excluding hydrogens is 286 g/mol. The van der Waals surface area contributed by atoms with Gasteiger partial charge in [-0.15, -0.1) is 0 Å². The summed E-state index contributed by atoms with van der Waals surface area (Å²) in [5, 5.41) is 0. The normalized spacial score (nSPS) is 11.4. The van der Waals surface area contributed by atoms with Gasteiger partial charge in [0, 0.05) is 12.4 Å². The van der Waals surface area contributed by atoms with Gasteiger partial charge in [0.25, 0.3) is 0 Å². The standard InChI is InChI=1S/C15H13N3O2S/c19-21(20,11-12-4-2-1-3-5-12)18-13-6-7-14-15(10-13)17-9-8-16-14/h1-10,18H,11H2. The summed E-state index contributed by atoms with van der Waals surface area (Å²) in [6, 6.07) is 14.1. The fourth-order valence-electron chi connectivity index (χ4n) is 2.04. The minimum Gasteiger partial charge on any atom is -0.283 e. The number of fused-ring (bicyclic) bond motifs is 1. The number of hydrogen-bond acceptors (Lipinski definition) is 4. The van der Waals surface area contributed by atoms with E-state index >= 15 is 0 Å². The first-order chi connectivity index (χ1) is 10.1. The van der Waals surface area contributed by atoms with Crippen molar-refractivity contribution in [1.29, 1.82) is 0 Å². The molecule has 106 valence electrons. The first-order valence-electron chi connectivity index (χ1n) is 6.38. The number of nitrogens with one attached hydrogen (secondary N) is 1. The maximum absolute atomic E-state index is 12.2. The van der Waals surface area contributed by atoms with E-state index in [1.54, 1.807) is 42.7 Å². The molecule has 0 amide bonds. The van der Waals surface area contributed by atoms with Crippen molar-refractivity contribution in [2.45, 2.75) is 5.75 Å². The molecule has 0 unspecified atom stereocenters. The highest BCUT2D eigenvalue weighted by Gasteiger charge is 2.12. The molecule has 5 nitrogen and oxygen atoms in total. The molecule has 0 saturated heterocycles. The fraction of sp³-hybridized carbons (Fsp3) is 0.0667. The lowest BCUT2D eigenvalue weighted by Gasteiger charge is -2.08. The van der Waals surface area contributed by atoms with Crippen molar-refractivity contribution in [3.8, 4) is 0 Å². The van der Waals surface area contributed by atoms with Crippen LogP contribution in [-0.2, 0) is 15.8 Å². The Kier molecular flexibility index (Phi) is 3.53. The van der Waals surface area contributed by atoms with Crippen LogP contribution in [0.1, 0.15) is 5.56 Å². The SMILES string of the molecule is O=S(=O)(Cc1ccccc1)Nc1ccc2nccnc2c1. The zero-order valence-corrected chi connectivity index (χ0v) is 11.9. The number of nitrogens with zero attached hydrogens (tertiary/aromatic N) is 2. The van der Waals surface area contributed by atoms with Crippen LogP contribution >= 0.6 is 0 Å². The first-order valence-corrected chi connectivity index (χ1v) is 8.03. The molecule has 0 spiro atoms. The predicted octanol–water partition coefficient (Wildman–Crippen LogP) is 2.57. The highest BCUT2D eigenvalue weighted by Crippen LogP contribution is 2.17. The van der Waals surface area contributed by atoms with E-state index in [4.69, 9.17) is 0 Å². The zero-order valence-electron chi connectivity index (χ0n) is 11.1. The third kappa shape index (κ3) is 3.35. The largest absolute Gasteiger partial charge is 0.283 e. The zero-order chi connectivity index (χ0) is 14.7. The summed E-state index contributed by atoms with van der Waals surface area (Å²) in [4.78, 5) is 8.31. The molecule has 0 saturated carbocycles. The molecule has 1 aromatic heterocycles. The molecule has 6 heteroatoms. The van der Waals surface area contributed by atoms with Crippen LogP contribution in [0.5, 0.6) is 0 Å². The van der Waals surface area contributed by atoms with E-state index in [0.29, 0.717) is 11.2 Å². The fourth-order valence-corrected chi connectivity index (χ4v) is 3.23. The molecule has 0 aliphatic carbocycles. The predicted molar refractivity (Wildman–Crippen MR) is 82.2 cm³/mol. The summed E-state index contributed by atoms with van der Waals surface area (Å²) >= 11 is 0. The molecular formula is C15H13N3O2S. The minimum atomic E-state index is -3.45. The molecule has 1 N–H and O–H groups in total. The third-order valence-electron chi connectivity index (χ3n) is 2.94. The lowest BCUT2D eigenvalue weighted by molar-refractivity contribution is 0.600. The molecule has 21 heavy (non-hydrogen) atoms. The van der Waals surface area contributed by atoms with E-state index in [2.05, 4.69) is 14.7 Å². The van der Waals surface area contributed by atoms with Gasteiger partial charge in [-0.05, 0) is 23.8 Å². The van der Waals surface area contributed by atoms with Crippen molar-refractivity contribution in [2.24, 2.45) is 0 Å². The van der Waals surface area contributed by atoms with Gasteiger partial charge in [-0.2, -0.15) is 0 Å². The molecule has 0 fully saturated rings. The maximum Gasteiger partial charge on any atom is 0.236 e. The first kappa shape index (κ1) is 13.5. The number of anilines is 1. The van der Waals surface area contributed by atoms with Crippen molar-refractivity contribution in [3.63, 3.8) is 0 Å². The number of rotatable bonds is 4. The van der Waals surface area contributed by atoms with Crippen LogP contribution in [0.3, 0.4) is 0 Å². The molecule has 0 atom stereocenters. The molecule has 3 rings (SSSR count). The second kappa shape index (κ2) is 5.49. The molecule has 0 aliphatic rings. The van der Waals surface area contributed by atoms with E-state index in [0.717, 1.165) is 11.1 Å². The molecule has 1 heterocycles. The minimum absolute atomic E-state index is 0.0631. The van der Waals surface area contributed by atoms with E-state index in [1.165, 1.54) is 0 Å². The summed E-state index contributed by atoms with van der Waals surface area (Å²) in [6.07, 6.45) is 3.17. The van der Waals surface area contributed by atoms with Crippen molar-refractivity contribution in [2.75, 3.05) is 4.72 Å². The van der Waals surface area contributed by atoms with E-state index in [9.17, 15) is 8.42 Å². The van der Waals surface area contributed by atoms with E-state index in [1.807, 2.05) is 18.2 Å². The van der Waals surface area contributed by atoms with Crippen molar-refractivity contribution < 1.29 is 8.42 Å². The lowest BCUT2D eigenvalue weighted by atomic mass is 10.2. The molecule has 0 radical (unpaired) electrons. The van der Waals surface area contributed by atoms with Crippen molar-refractivity contribution in [1.82, 2.24) is 9.97 Å². The van der Waals surface area contributed by atoms with Gasteiger partial charge in [-0.1, -0.05) is 30.3 Å². The van der Waals surface area contributed by atoms with Gasteiger partial charge in [-0.3, -0.25) is 14.7 Å². The summed E-state index contributed by atoms with van der Waals surface area (Å²) in [5.41, 5.74) is 2.60. The van der Waals surface area contributed by atoms with Crippen LogP contribution in [0.4, 0.5) is 5.69 Å². The Hall–Kier alpha value is -2.47. The number of benzene rings is 2. The maximum atomic E-state index is 12.2. The van der Waals surface area contributed by atoms with Gasteiger partial charge >= 0.3 is 0 Å². The Morgan fingerprint density at radius 3 is 2.38 bits per heavy atom. The Balaban J connectivity index is 1.83. The Bertz CT molecular complexity index is 864. The third-order valence-corrected chi connectivity index (χ3v) is 4.20. The lowest BCUT2D eigenvalue weighted by Crippen LogP contribution is -2.15. The van der Waals surface area contributed by atoms with Crippen molar-refractivity contribution >= 4 is 26.7 Å². The van der Waals surface area contributed by atoms with Crippen molar-refractivity contribution in [3.05, 3.63) is 66.5 Å². The second-order valence-corrected chi connectivity index (χ2v) is 6.33. The highest BCUT2D eigenvalue weighted by atomic mass is 32.2. The number of hydrogen-bond donors (Lipinski definition) is 1. The average molecular weight is 299 g/mol. The van der Waals surface area contributed by atoms with Crippen LogP contribution in [0.15, 0.2) is 60.9 Å². The van der Waals surface area contributed by atoms with Gasteiger partial charge in [-0.25, -0.2) is 8.42 Å². The number of sulfonamides is 1. The molecule has 3 aromatic rings. The van der Waals surface area contributed by atoms with Gasteiger partial charge in [0.1, 0.15) is 0 Å². The molecule has 0 bridgehead atoms. The Morgan fingerprint density at radius 1 is 0.905 bits per heavy atom. The molecule has 0 aliphatic heterocycles. The summed E-state index contributed by atoms with van der Waals surface area (Å²) in [7, 11) is -3.45. The van der Waals surface area contributed by atoms with Crippen LogP contribution < -0.4 is 4.72 Å². The summed E-state index contributed by atoms with van der Waals surface area (Å²) in [5.74, 6) is -0.0631. The average Bonchev–Trinajstić information content (AvgIpc) is 2.47. The highest BCUT2D eigenvalue weighted by molar-refractivity contribution is 7.91. The molecule has 2 aromatic carbocycles. The van der Waals surface area contributed by atoms with Crippen LogP contribution in [-0.4, -0.2) is 18.4 Å². The van der Waals surface area contributed by atoms with Crippen LogP contribution in [0.25, 0.3) is 11.0 Å². The summed E-state index contributed by atoms with van der Waals surface area (Å²) < 4.78 is 26.9. The summed E-state index contributed by atoms with van der Waals surface area (Å²) in [6.45, 7) is 0. The van der Waals surface area contributed by atoms with Gasteiger partial charge in [0.2, 0.25) is 10.0 Å². The van der Waals surface area contributed by atoms with E-state index in [-0.39, 0.29) is 5.75 Å². The Morgan fingerprint density at radius 2 is 1.62 bits per heavy atom. The van der Waals surface area contributed by atoms with Gasteiger partial charge in [0.05, 0.1) is 22.5 Å². The Labute approximate surface area is 122 Å². The monoisotopic (exact) mass is 299 g/mol. The topological polar surface area (TPSA) is 72.0 Å². The quantitative estimate of drug-likeness (QED) is 0.803. The smallest absolute Gasteiger partial charge is 0.236 e.